The molecule has 0 saturated carbocycles. The van der Waals surface area contributed by atoms with E-state index in [4.69, 9.17) is 0 Å². The van der Waals surface area contributed by atoms with Gasteiger partial charge >= 0.3 is 0 Å². The molecule has 7 nitrogen and oxygen atoms in total. The number of carbonyl (C=O) groups excluding carboxylic acids is 1. The Hall–Kier alpha value is -2.97. The van der Waals surface area contributed by atoms with Crippen molar-refractivity contribution in [2.75, 3.05) is 7.05 Å². The minimum Gasteiger partial charge on any atom is -0.340 e. The highest BCUT2D eigenvalue weighted by molar-refractivity contribution is 7.89. The molecule has 33 heavy (non-hydrogen) atoms. The van der Waals surface area contributed by atoms with E-state index in [-0.39, 0.29) is 16.2 Å². The van der Waals surface area contributed by atoms with Gasteiger partial charge < -0.3 is 4.90 Å². The van der Waals surface area contributed by atoms with Crippen molar-refractivity contribution in [3.05, 3.63) is 83.7 Å². The minimum atomic E-state index is -3.82. The van der Waals surface area contributed by atoms with Crippen LogP contribution in [0.3, 0.4) is 0 Å². The Balaban J connectivity index is 1.60. The summed E-state index contributed by atoms with van der Waals surface area (Å²) in [5.41, 5.74) is 2.97. The lowest BCUT2D eigenvalue weighted by molar-refractivity contribution is -0.131. The van der Waals surface area contributed by atoms with E-state index >= 15 is 0 Å². The second-order valence-electron chi connectivity index (χ2n) is 9.34. The normalized spacial score (nSPS) is 13.0. The second-order valence-corrected chi connectivity index (χ2v) is 11.1. The first-order valence-electron chi connectivity index (χ1n) is 10.9. The highest BCUT2D eigenvalue weighted by Gasteiger charge is 2.25. The summed E-state index contributed by atoms with van der Waals surface area (Å²) in [7, 11) is -2.17. The van der Waals surface area contributed by atoms with Crippen LogP contribution in [0.15, 0.2) is 71.9 Å². The number of likely N-dealkylation sites (N-methyl/N-ethyl adjacent to an activating group) is 1. The standard InChI is InChI=1S/C25H32N4O3S/c1-19(27-33(31,32)23-13-11-22(12-14-23)25(2,3)4)24(30)28(5)16-21-15-26-29(18-21)17-20-9-7-6-8-10-20/h6-15,18-19,27H,16-17H2,1-5H3. The van der Waals surface area contributed by atoms with Crippen LogP contribution in [-0.2, 0) is 33.3 Å². The van der Waals surface area contributed by atoms with Gasteiger partial charge in [-0.3, -0.25) is 9.48 Å². The zero-order valence-corrected chi connectivity index (χ0v) is 20.6. The molecule has 176 valence electrons. The van der Waals surface area contributed by atoms with Gasteiger partial charge in [0.15, 0.2) is 0 Å². The van der Waals surface area contributed by atoms with Crippen molar-refractivity contribution in [3.63, 3.8) is 0 Å². The van der Waals surface area contributed by atoms with Crippen LogP contribution in [-0.4, -0.2) is 42.1 Å². The number of sulfonamides is 1. The predicted octanol–water partition coefficient (Wildman–Crippen LogP) is 3.55. The Labute approximate surface area is 196 Å². The fraction of sp³-hybridized carbons (Fsp3) is 0.360. The van der Waals surface area contributed by atoms with E-state index in [9.17, 15) is 13.2 Å². The molecule has 2 aromatic carbocycles. The van der Waals surface area contributed by atoms with E-state index < -0.39 is 16.1 Å². The highest BCUT2D eigenvalue weighted by atomic mass is 32.2. The van der Waals surface area contributed by atoms with Gasteiger partial charge in [-0.1, -0.05) is 63.2 Å². The van der Waals surface area contributed by atoms with Crippen LogP contribution in [0.2, 0.25) is 0 Å². The lowest BCUT2D eigenvalue weighted by Gasteiger charge is -2.22. The van der Waals surface area contributed by atoms with E-state index in [1.165, 1.54) is 4.90 Å². The van der Waals surface area contributed by atoms with Crippen LogP contribution in [0, 0.1) is 0 Å². The number of aromatic nitrogens is 2. The predicted molar refractivity (Wildman–Crippen MR) is 129 cm³/mol. The fourth-order valence-corrected chi connectivity index (χ4v) is 4.71. The molecule has 0 aliphatic heterocycles. The molecule has 0 bridgehead atoms. The summed E-state index contributed by atoms with van der Waals surface area (Å²) >= 11 is 0. The quantitative estimate of drug-likeness (QED) is 0.548. The number of nitrogens with zero attached hydrogens (tertiary/aromatic N) is 3. The van der Waals surface area contributed by atoms with Crippen LogP contribution in [0.4, 0.5) is 0 Å². The minimum absolute atomic E-state index is 0.0728. The second kappa shape index (κ2) is 9.89. The largest absolute Gasteiger partial charge is 0.340 e. The van der Waals surface area contributed by atoms with Crippen LogP contribution in [0.5, 0.6) is 0 Å². The summed E-state index contributed by atoms with van der Waals surface area (Å²) in [6, 6.07) is 15.8. The number of rotatable bonds is 8. The van der Waals surface area contributed by atoms with Crippen molar-refractivity contribution in [2.45, 2.75) is 57.1 Å². The first-order chi connectivity index (χ1) is 15.5. The van der Waals surface area contributed by atoms with Crippen LogP contribution >= 0.6 is 0 Å². The van der Waals surface area contributed by atoms with Crippen molar-refractivity contribution in [3.8, 4) is 0 Å². The van der Waals surface area contributed by atoms with Gasteiger partial charge in [0.1, 0.15) is 0 Å². The zero-order valence-electron chi connectivity index (χ0n) is 19.8. The third kappa shape index (κ3) is 6.52. The van der Waals surface area contributed by atoms with Gasteiger partial charge in [-0.15, -0.1) is 0 Å². The summed E-state index contributed by atoms with van der Waals surface area (Å²) in [4.78, 5) is 14.5. The number of benzene rings is 2. The molecule has 1 heterocycles. The monoisotopic (exact) mass is 468 g/mol. The molecule has 3 rings (SSSR count). The number of hydrogen-bond donors (Lipinski definition) is 1. The van der Waals surface area contributed by atoms with Crippen molar-refractivity contribution in [1.29, 1.82) is 0 Å². The van der Waals surface area contributed by atoms with Crippen LogP contribution in [0.25, 0.3) is 0 Å². The number of carbonyl (C=O) groups is 1. The maximum atomic E-state index is 12.8. The van der Waals surface area contributed by atoms with Gasteiger partial charge in [-0.25, -0.2) is 8.42 Å². The lowest BCUT2D eigenvalue weighted by Crippen LogP contribution is -2.45. The average molecular weight is 469 g/mol. The molecule has 1 N–H and O–H groups in total. The van der Waals surface area contributed by atoms with Crippen LogP contribution < -0.4 is 4.72 Å². The van der Waals surface area contributed by atoms with E-state index in [1.807, 2.05) is 41.2 Å². The maximum absolute atomic E-state index is 12.8. The van der Waals surface area contributed by atoms with Gasteiger partial charge in [0.25, 0.3) is 0 Å². The number of nitrogens with one attached hydrogen (secondary N) is 1. The van der Waals surface area contributed by atoms with Crippen molar-refractivity contribution in [1.82, 2.24) is 19.4 Å². The third-order valence-corrected chi connectivity index (χ3v) is 6.96. The molecule has 0 spiro atoms. The maximum Gasteiger partial charge on any atom is 0.241 e. The van der Waals surface area contributed by atoms with E-state index in [2.05, 4.69) is 30.6 Å². The molecule has 0 radical (unpaired) electrons. The Morgan fingerprint density at radius 3 is 2.30 bits per heavy atom. The van der Waals surface area contributed by atoms with Gasteiger partial charge in [0.2, 0.25) is 15.9 Å². The molecule has 0 fully saturated rings. The first kappa shape index (κ1) is 24.7. The summed E-state index contributed by atoms with van der Waals surface area (Å²) in [6.07, 6.45) is 3.61. The van der Waals surface area contributed by atoms with E-state index in [1.54, 1.807) is 44.4 Å². The summed E-state index contributed by atoms with van der Waals surface area (Å²) in [6.45, 7) is 8.73. The summed E-state index contributed by atoms with van der Waals surface area (Å²) in [5, 5.41) is 4.36. The molecule has 1 aromatic heterocycles. The molecular weight excluding hydrogens is 436 g/mol. The Morgan fingerprint density at radius 2 is 1.70 bits per heavy atom. The summed E-state index contributed by atoms with van der Waals surface area (Å²) < 4.78 is 29.9. The van der Waals surface area contributed by atoms with Crippen molar-refractivity contribution in [2.24, 2.45) is 0 Å². The molecule has 1 unspecified atom stereocenters. The number of amides is 1. The van der Waals surface area contributed by atoms with Crippen LogP contribution in [0.1, 0.15) is 44.4 Å². The molecule has 0 aliphatic carbocycles. The molecule has 3 aromatic rings. The van der Waals surface area contributed by atoms with E-state index in [0.717, 1.165) is 16.7 Å². The number of hydrogen-bond acceptors (Lipinski definition) is 4. The highest BCUT2D eigenvalue weighted by Crippen LogP contribution is 2.23. The molecule has 0 aliphatic rings. The van der Waals surface area contributed by atoms with Gasteiger partial charge in [0.05, 0.1) is 23.7 Å². The SMILES string of the molecule is CC(NS(=O)(=O)c1ccc(C(C)(C)C)cc1)C(=O)N(C)Cc1cnn(Cc2ccccc2)c1. The third-order valence-electron chi connectivity index (χ3n) is 5.40. The van der Waals surface area contributed by atoms with E-state index in [0.29, 0.717) is 13.1 Å². The molecular formula is C25H32N4O3S. The Bertz CT molecular complexity index is 1180. The van der Waals surface area contributed by atoms with Crippen molar-refractivity contribution >= 4 is 15.9 Å². The van der Waals surface area contributed by atoms with Gasteiger partial charge in [-0.2, -0.15) is 9.82 Å². The Kier molecular flexibility index (Phi) is 7.39. The molecule has 1 atom stereocenters. The average Bonchev–Trinajstić information content (AvgIpc) is 3.19. The van der Waals surface area contributed by atoms with Crippen molar-refractivity contribution < 1.29 is 13.2 Å². The fourth-order valence-electron chi connectivity index (χ4n) is 3.51. The summed E-state index contributed by atoms with van der Waals surface area (Å²) in [5.74, 6) is -0.319. The molecule has 8 heteroatoms. The smallest absolute Gasteiger partial charge is 0.241 e. The topological polar surface area (TPSA) is 84.3 Å². The molecule has 0 saturated heterocycles. The Morgan fingerprint density at radius 1 is 1.06 bits per heavy atom. The zero-order chi connectivity index (χ0) is 24.2. The van der Waals surface area contributed by atoms with Gasteiger partial charge in [-0.05, 0) is 35.6 Å². The lowest BCUT2D eigenvalue weighted by atomic mass is 9.87. The first-order valence-corrected chi connectivity index (χ1v) is 12.4. The van der Waals surface area contributed by atoms with Gasteiger partial charge in [0, 0.05) is 25.4 Å². The molecule has 1 amide bonds.